The first-order chi connectivity index (χ1) is 7.63. The van der Waals surface area contributed by atoms with Gasteiger partial charge in [-0.25, -0.2) is 4.39 Å². The molecule has 0 aliphatic rings. The summed E-state index contributed by atoms with van der Waals surface area (Å²) in [4.78, 5) is 11.4. The van der Waals surface area contributed by atoms with Crippen LogP contribution in [0.5, 0.6) is 0 Å². The van der Waals surface area contributed by atoms with Crippen molar-refractivity contribution in [2.75, 3.05) is 13.1 Å². The minimum absolute atomic E-state index is 0.0178. The van der Waals surface area contributed by atoms with Crippen LogP contribution in [0.3, 0.4) is 0 Å². The van der Waals surface area contributed by atoms with E-state index in [0.717, 1.165) is 0 Å². The van der Waals surface area contributed by atoms with Gasteiger partial charge in [0.2, 0.25) is 0 Å². The van der Waals surface area contributed by atoms with Crippen LogP contribution in [0.1, 0.15) is 5.56 Å². The average Bonchev–Trinajstić information content (AvgIpc) is 2.24. The van der Waals surface area contributed by atoms with Gasteiger partial charge in [-0.05, 0) is 23.8 Å². The van der Waals surface area contributed by atoms with Crippen LogP contribution in [0.15, 0.2) is 18.2 Å². The molecule has 1 aromatic rings. The van der Waals surface area contributed by atoms with Crippen LogP contribution in [0.25, 0.3) is 0 Å². The molecular weight excluding hydrogens is 229 g/mol. The highest BCUT2D eigenvalue weighted by atomic mass is 35.5. The Kier molecular flexibility index (Phi) is 4.97. The second-order valence-corrected chi connectivity index (χ2v) is 3.70. The minimum atomic E-state index is -0.422. The van der Waals surface area contributed by atoms with Gasteiger partial charge in [-0.2, -0.15) is 0 Å². The molecule has 0 bridgehead atoms. The first kappa shape index (κ1) is 12.7. The Hall–Kier alpha value is -1.37. The van der Waals surface area contributed by atoms with Crippen LogP contribution >= 0.6 is 11.6 Å². The molecule has 0 amide bonds. The second kappa shape index (κ2) is 6.26. The minimum Gasteiger partial charge on any atom is -0.299 e. The molecule has 16 heavy (non-hydrogen) atoms. The molecule has 0 saturated heterocycles. The third-order valence-electron chi connectivity index (χ3n) is 1.94. The number of hydrogen-bond donors (Lipinski definition) is 1. The SMILES string of the molecule is C#CCNCC(=O)Cc1cc(Cl)ccc1F. The summed E-state index contributed by atoms with van der Waals surface area (Å²) in [6, 6.07) is 4.15. The number of ketones is 1. The first-order valence-corrected chi connectivity index (χ1v) is 5.11. The Morgan fingerprint density at radius 2 is 2.31 bits per heavy atom. The van der Waals surface area contributed by atoms with Crippen LogP contribution in [-0.2, 0) is 11.2 Å². The zero-order valence-corrected chi connectivity index (χ0v) is 9.35. The highest BCUT2D eigenvalue weighted by molar-refractivity contribution is 6.30. The smallest absolute Gasteiger partial charge is 0.151 e. The van der Waals surface area contributed by atoms with E-state index in [4.69, 9.17) is 18.0 Å². The summed E-state index contributed by atoms with van der Waals surface area (Å²) in [7, 11) is 0. The summed E-state index contributed by atoms with van der Waals surface area (Å²) in [6.07, 6.45) is 5.03. The van der Waals surface area contributed by atoms with Gasteiger partial charge in [0.25, 0.3) is 0 Å². The molecule has 4 heteroatoms. The second-order valence-electron chi connectivity index (χ2n) is 3.26. The van der Waals surface area contributed by atoms with Gasteiger partial charge in [-0.15, -0.1) is 6.42 Å². The Labute approximate surface area is 98.8 Å². The lowest BCUT2D eigenvalue weighted by Gasteiger charge is -2.03. The number of Topliss-reactive ketones (excluding diaryl/α,β-unsaturated/α-hetero) is 1. The predicted molar refractivity (Wildman–Crippen MR) is 61.8 cm³/mol. The van der Waals surface area contributed by atoms with E-state index in [-0.39, 0.29) is 18.7 Å². The van der Waals surface area contributed by atoms with Crippen molar-refractivity contribution in [1.29, 1.82) is 0 Å². The molecule has 1 aromatic carbocycles. The molecule has 0 saturated carbocycles. The zero-order chi connectivity index (χ0) is 12.0. The van der Waals surface area contributed by atoms with Crippen LogP contribution in [0, 0.1) is 18.2 Å². The van der Waals surface area contributed by atoms with Crippen molar-refractivity contribution >= 4 is 17.4 Å². The van der Waals surface area contributed by atoms with Crippen molar-refractivity contribution in [2.24, 2.45) is 0 Å². The summed E-state index contributed by atoms with van der Waals surface area (Å²) in [5, 5.41) is 3.17. The molecule has 1 rings (SSSR count). The van der Waals surface area contributed by atoms with Crippen molar-refractivity contribution in [3.63, 3.8) is 0 Å². The van der Waals surface area contributed by atoms with Gasteiger partial charge in [0.1, 0.15) is 5.82 Å². The Morgan fingerprint density at radius 1 is 1.56 bits per heavy atom. The molecule has 0 atom stereocenters. The van der Waals surface area contributed by atoms with E-state index < -0.39 is 5.82 Å². The molecule has 0 spiro atoms. The van der Waals surface area contributed by atoms with Crippen molar-refractivity contribution in [1.82, 2.24) is 5.32 Å². The third-order valence-corrected chi connectivity index (χ3v) is 2.18. The number of rotatable bonds is 5. The monoisotopic (exact) mass is 239 g/mol. The number of carbonyl (C=O) groups is 1. The van der Waals surface area contributed by atoms with Crippen molar-refractivity contribution < 1.29 is 9.18 Å². The van der Waals surface area contributed by atoms with E-state index in [9.17, 15) is 9.18 Å². The highest BCUT2D eigenvalue weighted by Crippen LogP contribution is 2.15. The van der Waals surface area contributed by atoms with Gasteiger partial charge in [-0.1, -0.05) is 17.5 Å². The van der Waals surface area contributed by atoms with Gasteiger partial charge in [0.15, 0.2) is 5.78 Å². The largest absolute Gasteiger partial charge is 0.299 e. The van der Waals surface area contributed by atoms with Gasteiger partial charge in [0, 0.05) is 11.4 Å². The van der Waals surface area contributed by atoms with Gasteiger partial charge >= 0.3 is 0 Å². The fraction of sp³-hybridized carbons (Fsp3) is 0.250. The summed E-state index contributed by atoms with van der Waals surface area (Å²) >= 11 is 5.71. The average molecular weight is 240 g/mol. The Bertz CT molecular complexity index is 426. The topological polar surface area (TPSA) is 29.1 Å². The third kappa shape index (κ3) is 4.01. The lowest BCUT2D eigenvalue weighted by molar-refractivity contribution is -0.117. The zero-order valence-electron chi connectivity index (χ0n) is 8.59. The summed E-state index contributed by atoms with van der Waals surface area (Å²) in [5.41, 5.74) is 0.306. The quantitative estimate of drug-likeness (QED) is 0.627. The predicted octanol–water partition coefficient (Wildman–Crippen LogP) is 1.81. The van der Waals surface area contributed by atoms with Crippen LogP contribution < -0.4 is 5.32 Å². The van der Waals surface area contributed by atoms with Gasteiger partial charge < -0.3 is 0 Å². The molecule has 2 nitrogen and oxygen atoms in total. The standard InChI is InChI=1S/C12H11ClFNO/c1-2-5-15-8-11(16)7-9-6-10(13)3-4-12(9)14/h1,3-4,6,15H,5,7-8H2. The van der Waals surface area contributed by atoms with Crippen LogP contribution in [-0.4, -0.2) is 18.9 Å². The van der Waals surface area contributed by atoms with E-state index in [1.165, 1.54) is 18.2 Å². The van der Waals surface area contributed by atoms with Crippen molar-refractivity contribution in [3.8, 4) is 12.3 Å². The summed E-state index contributed by atoms with van der Waals surface area (Å²) < 4.78 is 13.3. The molecule has 0 heterocycles. The van der Waals surface area contributed by atoms with E-state index in [1.807, 2.05) is 0 Å². The molecular formula is C12H11ClFNO. The number of nitrogens with one attached hydrogen (secondary N) is 1. The van der Waals surface area contributed by atoms with Crippen LogP contribution in [0.2, 0.25) is 5.02 Å². The number of terminal acetylenes is 1. The molecule has 0 aliphatic carbocycles. The van der Waals surface area contributed by atoms with Crippen molar-refractivity contribution in [3.05, 3.63) is 34.6 Å². The summed E-state index contributed by atoms with van der Waals surface area (Å²) in [6.45, 7) is 0.458. The number of halogens is 2. The summed E-state index contributed by atoms with van der Waals surface area (Å²) in [5.74, 6) is 1.80. The number of benzene rings is 1. The van der Waals surface area contributed by atoms with Gasteiger partial charge in [0.05, 0.1) is 13.1 Å². The molecule has 0 fully saturated rings. The molecule has 0 radical (unpaired) electrons. The van der Waals surface area contributed by atoms with Crippen LogP contribution in [0.4, 0.5) is 4.39 Å². The van der Waals surface area contributed by atoms with E-state index in [2.05, 4.69) is 11.2 Å². The van der Waals surface area contributed by atoms with E-state index in [0.29, 0.717) is 17.1 Å². The van der Waals surface area contributed by atoms with E-state index >= 15 is 0 Å². The van der Waals surface area contributed by atoms with Gasteiger partial charge in [-0.3, -0.25) is 10.1 Å². The fourth-order valence-corrected chi connectivity index (χ4v) is 1.42. The maximum atomic E-state index is 13.3. The number of hydrogen-bond acceptors (Lipinski definition) is 2. The maximum absolute atomic E-state index is 13.3. The normalized spacial score (nSPS) is 9.81. The first-order valence-electron chi connectivity index (χ1n) is 4.73. The molecule has 0 aliphatic heterocycles. The molecule has 1 N–H and O–H groups in total. The lowest BCUT2D eigenvalue weighted by atomic mass is 10.1. The molecule has 0 aromatic heterocycles. The highest BCUT2D eigenvalue weighted by Gasteiger charge is 2.08. The number of carbonyl (C=O) groups excluding carboxylic acids is 1. The van der Waals surface area contributed by atoms with E-state index in [1.54, 1.807) is 0 Å². The van der Waals surface area contributed by atoms with Crippen molar-refractivity contribution in [2.45, 2.75) is 6.42 Å². The Balaban J connectivity index is 2.56. The lowest BCUT2D eigenvalue weighted by Crippen LogP contribution is -2.24. The Morgan fingerprint density at radius 3 is 3.00 bits per heavy atom. The fourth-order valence-electron chi connectivity index (χ4n) is 1.23. The molecule has 0 unspecified atom stereocenters. The molecule has 84 valence electrons. The maximum Gasteiger partial charge on any atom is 0.151 e.